The highest BCUT2D eigenvalue weighted by Crippen LogP contribution is 2.42. The largest absolute Gasteiger partial charge is 0.491 e. The summed E-state index contributed by atoms with van der Waals surface area (Å²) in [6.07, 6.45) is 10.4. The Hall–Kier alpha value is -1.58. The number of rotatable bonds is 7. The number of carbonyl (C=O) groups excluding carboxylic acids is 1. The maximum atomic E-state index is 14.5. The van der Waals surface area contributed by atoms with Gasteiger partial charge in [-0.3, -0.25) is 4.79 Å². The summed E-state index contributed by atoms with van der Waals surface area (Å²) >= 11 is 0. The fourth-order valence-electron chi connectivity index (χ4n) is 4.53. The van der Waals surface area contributed by atoms with Gasteiger partial charge in [-0.15, -0.1) is 0 Å². The SMILES string of the molecule is CCCCCC1CCC(C2Cc3ccc(OCC)c(F)c3OC2=O)CC1. The summed E-state index contributed by atoms with van der Waals surface area (Å²) < 4.78 is 25.2. The lowest BCUT2D eigenvalue weighted by atomic mass is 9.72. The zero-order chi connectivity index (χ0) is 18.5. The standard InChI is InChI=1S/C22H31FO3/c1-3-5-6-7-15-8-10-16(11-9-15)18-14-17-12-13-19(25-4-2)20(23)21(17)26-22(18)24/h12-13,15-16,18H,3-11,14H2,1-2H3. The molecule has 0 saturated heterocycles. The van der Waals surface area contributed by atoms with E-state index in [-0.39, 0.29) is 23.4 Å². The Kier molecular flexibility index (Phi) is 6.55. The highest BCUT2D eigenvalue weighted by Gasteiger charge is 2.38. The molecule has 1 aliphatic carbocycles. The zero-order valence-corrected chi connectivity index (χ0v) is 16.1. The minimum absolute atomic E-state index is 0.0745. The van der Waals surface area contributed by atoms with E-state index in [0.717, 1.165) is 24.3 Å². The van der Waals surface area contributed by atoms with Gasteiger partial charge in [0.15, 0.2) is 11.5 Å². The summed E-state index contributed by atoms with van der Waals surface area (Å²) in [4.78, 5) is 12.5. The first kappa shape index (κ1) is 19.2. The van der Waals surface area contributed by atoms with Gasteiger partial charge in [0, 0.05) is 0 Å². The van der Waals surface area contributed by atoms with Gasteiger partial charge in [0.25, 0.3) is 0 Å². The molecule has 1 heterocycles. The Morgan fingerprint density at radius 2 is 1.92 bits per heavy atom. The van der Waals surface area contributed by atoms with Crippen LogP contribution in [0.3, 0.4) is 0 Å². The molecule has 1 aromatic carbocycles. The van der Waals surface area contributed by atoms with Crippen molar-refractivity contribution >= 4 is 5.97 Å². The van der Waals surface area contributed by atoms with E-state index in [2.05, 4.69) is 6.92 Å². The molecule has 0 N–H and O–H groups in total. The third-order valence-corrected chi connectivity index (χ3v) is 6.06. The fourth-order valence-corrected chi connectivity index (χ4v) is 4.53. The molecule has 144 valence electrons. The molecule has 26 heavy (non-hydrogen) atoms. The van der Waals surface area contributed by atoms with Crippen LogP contribution < -0.4 is 9.47 Å². The van der Waals surface area contributed by atoms with Gasteiger partial charge in [0.2, 0.25) is 5.82 Å². The molecule has 4 heteroatoms. The normalized spacial score (nSPS) is 25.5. The van der Waals surface area contributed by atoms with Crippen LogP contribution in [0.4, 0.5) is 4.39 Å². The zero-order valence-electron chi connectivity index (χ0n) is 16.1. The number of halogens is 1. The Balaban J connectivity index is 1.62. The second-order valence-corrected chi connectivity index (χ2v) is 7.81. The predicted octanol–water partition coefficient (Wildman–Crippen LogP) is 5.69. The number of fused-ring (bicyclic) bond motifs is 1. The fraction of sp³-hybridized carbons (Fsp3) is 0.682. The van der Waals surface area contributed by atoms with E-state index in [1.807, 2.05) is 6.07 Å². The van der Waals surface area contributed by atoms with Crippen molar-refractivity contribution in [3.05, 3.63) is 23.5 Å². The molecule has 0 amide bonds. The molecule has 1 aliphatic heterocycles. The van der Waals surface area contributed by atoms with Gasteiger partial charge >= 0.3 is 5.97 Å². The molecule has 0 spiro atoms. The smallest absolute Gasteiger partial charge is 0.315 e. The Morgan fingerprint density at radius 3 is 2.62 bits per heavy atom. The monoisotopic (exact) mass is 362 g/mol. The van der Waals surface area contributed by atoms with Crippen molar-refractivity contribution < 1.29 is 18.7 Å². The van der Waals surface area contributed by atoms with E-state index in [0.29, 0.717) is 18.9 Å². The lowest BCUT2D eigenvalue weighted by Gasteiger charge is -2.35. The van der Waals surface area contributed by atoms with Crippen molar-refractivity contribution in [3.63, 3.8) is 0 Å². The first-order chi connectivity index (χ1) is 12.6. The van der Waals surface area contributed by atoms with Gasteiger partial charge in [-0.1, -0.05) is 51.5 Å². The van der Waals surface area contributed by atoms with Crippen LogP contribution in [0.2, 0.25) is 0 Å². The molecular weight excluding hydrogens is 331 g/mol. The van der Waals surface area contributed by atoms with Gasteiger partial charge < -0.3 is 9.47 Å². The van der Waals surface area contributed by atoms with Crippen molar-refractivity contribution in [1.82, 2.24) is 0 Å². The topological polar surface area (TPSA) is 35.5 Å². The van der Waals surface area contributed by atoms with E-state index >= 15 is 0 Å². The summed E-state index contributed by atoms with van der Waals surface area (Å²) in [5.74, 6) is 0.478. The van der Waals surface area contributed by atoms with Crippen LogP contribution in [0.25, 0.3) is 0 Å². The highest BCUT2D eigenvalue weighted by atomic mass is 19.1. The first-order valence-corrected chi connectivity index (χ1v) is 10.3. The summed E-state index contributed by atoms with van der Waals surface area (Å²) in [6.45, 7) is 4.43. The first-order valence-electron chi connectivity index (χ1n) is 10.3. The van der Waals surface area contributed by atoms with Crippen LogP contribution in [0.15, 0.2) is 12.1 Å². The van der Waals surface area contributed by atoms with Crippen LogP contribution >= 0.6 is 0 Å². The number of carbonyl (C=O) groups is 1. The van der Waals surface area contributed by atoms with Crippen LogP contribution in [0.5, 0.6) is 11.5 Å². The molecule has 1 fully saturated rings. The molecule has 3 rings (SSSR count). The summed E-state index contributed by atoms with van der Waals surface area (Å²) in [6, 6.07) is 3.50. The Labute approximate surface area is 156 Å². The maximum Gasteiger partial charge on any atom is 0.315 e. The minimum atomic E-state index is -0.546. The van der Waals surface area contributed by atoms with E-state index in [4.69, 9.17) is 9.47 Å². The summed E-state index contributed by atoms with van der Waals surface area (Å²) in [5, 5.41) is 0. The maximum absolute atomic E-state index is 14.5. The summed E-state index contributed by atoms with van der Waals surface area (Å²) in [5.41, 5.74) is 0.792. The van der Waals surface area contributed by atoms with Crippen molar-refractivity contribution in [2.24, 2.45) is 17.8 Å². The third kappa shape index (κ3) is 4.21. The molecule has 1 atom stereocenters. The van der Waals surface area contributed by atoms with E-state index < -0.39 is 5.82 Å². The average Bonchev–Trinajstić information content (AvgIpc) is 2.65. The van der Waals surface area contributed by atoms with Gasteiger partial charge in [-0.2, -0.15) is 4.39 Å². The second-order valence-electron chi connectivity index (χ2n) is 7.81. The average molecular weight is 362 g/mol. The van der Waals surface area contributed by atoms with E-state index in [1.165, 1.54) is 38.5 Å². The van der Waals surface area contributed by atoms with Crippen LogP contribution in [0.1, 0.15) is 70.8 Å². The van der Waals surface area contributed by atoms with E-state index in [1.54, 1.807) is 13.0 Å². The van der Waals surface area contributed by atoms with E-state index in [9.17, 15) is 9.18 Å². The number of hydrogen-bond acceptors (Lipinski definition) is 3. The Bertz CT molecular complexity index is 620. The minimum Gasteiger partial charge on any atom is -0.491 e. The van der Waals surface area contributed by atoms with Gasteiger partial charge in [-0.25, -0.2) is 0 Å². The molecular formula is C22H31FO3. The molecule has 1 unspecified atom stereocenters. The molecule has 2 aliphatic rings. The lowest BCUT2D eigenvalue weighted by molar-refractivity contribution is -0.143. The second kappa shape index (κ2) is 8.88. The van der Waals surface area contributed by atoms with Crippen LogP contribution in [0, 0.1) is 23.6 Å². The van der Waals surface area contributed by atoms with Crippen molar-refractivity contribution in [2.45, 2.75) is 71.6 Å². The molecule has 1 aromatic rings. The third-order valence-electron chi connectivity index (χ3n) is 6.06. The lowest BCUT2D eigenvalue weighted by Crippen LogP contribution is -2.35. The highest BCUT2D eigenvalue weighted by molar-refractivity contribution is 5.78. The number of esters is 1. The molecule has 1 saturated carbocycles. The number of unbranched alkanes of at least 4 members (excludes halogenated alkanes) is 2. The van der Waals surface area contributed by atoms with Crippen LogP contribution in [-0.4, -0.2) is 12.6 Å². The van der Waals surface area contributed by atoms with Crippen molar-refractivity contribution in [2.75, 3.05) is 6.61 Å². The van der Waals surface area contributed by atoms with Gasteiger partial charge in [0.05, 0.1) is 12.5 Å². The molecule has 0 bridgehead atoms. The quantitative estimate of drug-likeness (QED) is 0.355. The summed E-state index contributed by atoms with van der Waals surface area (Å²) in [7, 11) is 0. The van der Waals surface area contributed by atoms with Gasteiger partial charge in [0.1, 0.15) is 0 Å². The van der Waals surface area contributed by atoms with Crippen LogP contribution in [-0.2, 0) is 11.2 Å². The Morgan fingerprint density at radius 1 is 1.15 bits per heavy atom. The van der Waals surface area contributed by atoms with Crippen molar-refractivity contribution in [1.29, 1.82) is 0 Å². The molecule has 0 radical (unpaired) electrons. The number of hydrogen-bond donors (Lipinski definition) is 0. The predicted molar refractivity (Wildman–Crippen MR) is 100.0 cm³/mol. The van der Waals surface area contributed by atoms with Crippen molar-refractivity contribution in [3.8, 4) is 11.5 Å². The van der Waals surface area contributed by atoms with Gasteiger partial charge in [-0.05, 0) is 49.7 Å². The number of benzene rings is 1. The number of ether oxygens (including phenoxy) is 2. The molecule has 0 aromatic heterocycles. The molecule has 3 nitrogen and oxygen atoms in total.